The summed E-state index contributed by atoms with van der Waals surface area (Å²) in [5.74, 6) is 0.775. The van der Waals surface area contributed by atoms with E-state index < -0.39 is 0 Å². The second-order valence-electron chi connectivity index (χ2n) is 6.62. The molecular weight excluding hydrogens is 394 g/mol. The molecule has 0 spiro atoms. The molecule has 0 bridgehead atoms. The van der Waals surface area contributed by atoms with Crippen molar-refractivity contribution in [3.05, 3.63) is 101 Å². The van der Waals surface area contributed by atoms with Gasteiger partial charge in [0.05, 0.1) is 30.1 Å². The normalized spacial score (nSPS) is 11.2. The number of methoxy groups -OCH3 is 1. The molecule has 0 fully saturated rings. The lowest BCUT2D eigenvalue weighted by Crippen LogP contribution is -1.94. The number of hydrogen-bond donors (Lipinski definition) is 0. The number of benzene rings is 3. The minimum Gasteiger partial charge on any atom is -0.497 e. The highest BCUT2D eigenvalue weighted by Gasteiger charge is 2.13. The Morgan fingerprint density at radius 2 is 1.70 bits per heavy atom. The summed E-state index contributed by atoms with van der Waals surface area (Å²) in [5, 5.41) is 15.2. The molecular formula is C25H18ClN3O. The topological polar surface area (TPSA) is 50.8 Å². The number of rotatable bonds is 5. The van der Waals surface area contributed by atoms with Crippen LogP contribution in [-0.4, -0.2) is 16.9 Å². The first-order valence-electron chi connectivity index (χ1n) is 9.35. The Hall–Kier alpha value is -3.81. The molecule has 0 aliphatic heterocycles. The monoisotopic (exact) mass is 411 g/mol. The van der Waals surface area contributed by atoms with Gasteiger partial charge in [0.1, 0.15) is 5.75 Å². The average molecular weight is 412 g/mol. The Kier molecular flexibility index (Phi) is 5.65. The van der Waals surface area contributed by atoms with Crippen molar-refractivity contribution in [2.75, 3.05) is 7.11 Å². The van der Waals surface area contributed by atoms with E-state index in [1.807, 2.05) is 83.7 Å². The van der Waals surface area contributed by atoms with E-state index in [0.29, 0.717) is 10.6 Å². The van der Waals surface area contributed by atoms with Crippen LogP contribution in [0.4, 0.5) is 0 Å². The van der Waals surface area contributed by atoms with E-state index in [9.17, 15) is 5.26 Å². The highest BCUT2D eigenvalue weighted by atomic mass is 35.5. The number of aromatic nitrogens is 2. The van der Waals surface area contributed by atoms with Gasteiger partial charge in [-0.1, -0.05) is 41.9 Å². The van der Waals surface area contributed by atoms with Crippen LogP contribution < -0.4 is 4.74 Å². The molecule has 1 heterocycles. The fraction of sp³-hybridized carbons (Fsp3) is 0.0400. The summed E-state index contributed by atoms with van der Waals surface area (Å²) in [4.78, 5) is 0. The lowest BCUT2D eigenvalue weighted by atomic mass is 10.0. The van der Waals surface area contributed by atoms with Gasteiger partial charge in [-0.15, -0.1) is 0 Å². The number of halogens is 1. The zero-order valence-corrected chi connectivity index (χ0v) is 17.0. The third-order valence-electron chi connectivity index (χ3n) is 4.70. The first kappa shape index (κ1) is 19.5. The van der Waals surface area contributed by atoms with Crippen molar-refractivity contribution in [2.24, 2.45) is 0 Å². The predicted octanol–water partition coefficient (Wildman–Crippen LogP) is 6.27. The summed E-state index contributed by atoms with van der Waals surface area (Å²) in [6, 6.07) is 27.1. The molecule has 146 valence electrons. The summed E-state index contributed by atoms with van der Waals surface area (Å²) >= 11 is 5.99. The molecule has 3 aromatic carbocycles. The van der Waals surface area contributed by atoms with Crippen LogP contribution in [0.3, 0.4) is 0 Å². The molecule has 0 amide bonds. The standard InChI is InChI=1S/C25H18ClN3O/c1-30-24-13-9-19(10-14-24)25-21(17-29(28-25)23-5-3-2-4-6-23)15-20(16-27)18-7-11-22(26)12-8-18/h2-15,17H,1H3/b20-15-. The van der Waals surface area contributed by atoms with Crippen LogP contribution >= 0.6 is 11.6 Å². The molecule has 4 nitrogen and oxygen atoms in total. The molecule has 0 atom stereocenters. The predicted molar refractivity (Wildman–Crippen MR) is 120 cm³/mol. The molecule has 0 saturated carbocycles. The van der Waals surface area contributed by atoms with Crippen LogP contribution in [0.2, 0.25) is 5.02 Å². The molecule has 0 unspecified atom stereocenters. The van der Waals surface area contributed by atoms with E-state index in [1.165, 1.54) is 0 Å². The van der Waals surface area contributed by atoms with Crippen LogP contribution in [0.1, 0.15) is 11.1 Å². The lowest BCUT2D eigenvalue weighted by Gasteiger charge is -2.03. The molecule has 1 aromatic heterocycles. The maximum absolute atomic E-state index is 9.77. The van der Waals surface area contributed by atoms with E-state index in [1.54, 1.807) is 19.2 Å². The van der Waals surface area contributed by atoms with Crippen molar-refractivity contribution < 1.29 is 4.74 Å². The third-order valence-corrected chi connectivity index (χ3v) is 4.95. The van der Waals surface area contributed by atoms with Gasteiger partial charge in [-0.2, -0.15) is 10.4 Å². The number of hydrogen-bond acceptors (Lipinski definition) is 3. The van der Waals surface area contributed by atoms with Gasteiger partial charge in [-0.25, -0.2) is 4.68 Å². The average Bonchev–Trinajstić information content (AvgIpc) is 3.22. The van der Waals surface area contributed by atoms with Gasteiger partial charge >= 0.3 is 0 Å². The van der Waals surface area contributed by atoms with Crippen LogP contribution in [-0.2, 0) is 0 Å². The Morgan fingerprint density at radius 3 is 2.33 bits per heavy atom. The van der Waals surface area contributed by atoms with E-state index in [-0.39, 0.29) is 0 Å². The number of allylic oxidation sites excluding steroid dienone is 1. The molecule has 0 aliphatic carbocycles. The van der Waals surface area contributed by atoms with E-state index in [0.717, 1.165) is 33.8 Å². The van der Waals surface area contributed by atoms with Gasteiger partial charge in [-0.05, 0) is 60.2 Å². The summed E-state index contributed by atoms with van der Waals surface area (Å²) in [6.07, 6.45) is 3.79. The summed E-state index contributed by atoms with van der Waals surface area (Å²) in [7, 11) is 1.64. The van der Waals surface area contributed by atoms with Crippen LogP contribution in [0.25, 0.3) is 28.6 Å². The SMILES string of the molecule is COc1ccc(-c2nn(-c3ccccc3)cc2/C=C(/C#N)c2ccc(Cl)cc2)cc1. The van der Waals surface area contributed by atoms with Gasteiger partial charge in [-0.3, -0.25) is 0 Å². The fourth-order valence-electron chi connectivity index (χ4n) is 3.14. The second-order valence-corrected chi connectivity index (χ2v) is 7.05. The van der Waals surface area contributed by atoms with Gasteiger partial charge < -0.3 is 4.74 Å². The van der Waals surface area contributed by atoms with Crippen molar-refractivity contribution in [3.63, 3.8) is 0 Å². The van der Waals surface area contributed by atoms with E-state index >= 15 is 0 Å². The van der Waals surface area contributed by atoms with Gasteiger partial charge in [0.25, 0.3) is 0 Å². The minimum atomic E-state index is 0.536. The van der Waals surface area contributed by atoms with Crippen molar-refractivity contribution in [3.8, 4) is 28.8 Å². The van der Waals surface area contributed by atoms with Crippen molar-refractivity contribution in [2.45, 2.75) is 0 Å². The second kappa shape index (κ2) is 8.69. The van der Waals surface area contributed by atoms with Crippen LogP contribution in [0.5, 0.6) is 5.75 Å². The number of para-hydroxylation sites is 1. The third kappa shape index (κ3) is 4.12. The van der Waals surface area contributed by atoms with Gasteiger partial charge in [0.2, 0.25) is 0 Å². The zero-order chi connectivity index (χ0) is 20.9. The lowest BCUT2D eigenvalue weighted by molar-refractivity contribution is 0.415. The quantitative estimate of drug-likeness (QED) is 0.364. The summed E-state index contributed by atoms with van der Waals surface area (Å²) < 4.78 is 7.09. The molecule has 5 heteroatoms. The zero-order valence-electron chi connectivity index (χ0n) is 16.3. The highest BCUT2D eigenvalue weighted by molar-refractivity contribution is 6.30. The highest BCUT2D eigenvalue weighted by Crippen LogP contribution is 2.29. The molecule has 0 radical (unpaired) electrons. The largest absolute Gasteiger partial charge is 0.497 e. The van der Waals surface area contributed by atoms with Crippen LogP contribution in [0, 0.1) is 11.3 Å². The number of nitrogens with zero attached hydrogens (tertiary/aromatic N) is 3. The number of ether oxygens (including phenoxy) is 1. The van der Waals surface area contributed by atoms with E-state index in [4.69, 9.17) is 21.4 Å². The summed E-state index contributed by atoms with van der Waals surface area (Å²) in [6.45, 7) is 0. The van der Waals surface area contributed by atoms with Gasteiger partial charge in [0, 0.05) is 22.3 Å². The Balaban J connectivity index is 1.85. The molecule has 0 aliphatic rings. The van der Waals surface area contributed by atoms with Crippen molar-refractivity contribution in [1.82, 2.24) is 9.78 Å². The Labute approximate surface area is 180 Å². The summed E-state index contributed by atoms with van der Waals surface area (Å²) in [5.41, 5.74) is 4.84. The molecule has 0 N–H and O–H groups in total. The maximum Gasteiger partial charge on any atom is 0.118 e. The van der Waals surface area contributed by atoms with Crippen molar-refractivity contribution in [1.29, 1.82) is 5.26 Å². The molecule has 30 heavy (non-hydrogen) atoms. The first-order valence-corrected chi connectivity index (χ1v) is 9.73. The molecule has 0 saturated heterocycles. The first-order chi connectivity index (χ1) is 14.7. The molecule has 4 aromatic rings. The fourth-order valence-corrected chi connectivity index (χ4v) is 3.27. The van der Waals surface area contributed by atoms with Crippen LogP contribution in [0.15, 0.2) is 85.1 Å². The number of nitriles is 1. The smallest absolute Gasteiger partial charge is 0.118 e. The Morgan fingerprint density at radius 1 is 1.00 bits per heavy atom. The minimum absolute atomic E-state index is 0.536. The Bertz CT molecular complexity index is 1220. The maximum atomic E-state index is 9.77. The molecule has 4 rings (SSSR count). The van der Waals surface area contributed by atoms with E-state index in [2.05, 4.69) is 6.07 Å². The van der Waals surface area contributed by atoms with Crippen molar-refractivity contribution >= 4 is 23.3 Å². The van der Waals surface area contributed by atoms with Gasteiger partial charge in [0.15, 0.2) is 0 Å².